The van der Waals surface area contributed by atoms with Gasteiger partial charge >= 0.3 is 0 Å². The highest BCUT2D eigenvalue weighted by molar-refractivity contribution is 5.79. The maximum atomic E-state index is 13.1. The second-order valence-corrected chi connectivity index (χ2v) is 9.82. The van der Waals surface area contributed by atoms with Gasteiger partial charge in [-0.05, 0) is 43.0 Å². The fraction of sp³-hybridized carbons (Fsp3) is 0.367. The second kappa shape index (κ2) is 12.6. The number of carbonyl (C=O) groups is 1. The fourth-order valence-corrected chi connectivity index (χ4v) is 5.15. The van der Waals surface area contributed by atoms with E-state index in [1.165, 1.54) is 0 Å². The van der Waals surface area contributed by atoms with Gasteiger partial charge in [0, 0.05) is 62.1 Å². The molecule has 2 aliphatic heterocycles. The van der Waals surface area contributed by atoms with Crippen LogP contribution in [0.1, 0.15) is 24.8 Å². The minimum absolute atomic E-state index is 0.0704. The number of aromatic nitrogens is 2. The molecule has 3 heterocycles. The van der Waals surface area contributed by atoms with Crippen LogP contribution in [-0.4, -0.2) is 56.8 Å². The summed E-state index contributed by atoms with van der Waals surface area (Å²) in [5.41, 5.74) is 2.95. The highest BCUT2D eigenvalue weighted by atomic mass is 16.5. The number of methoxy groups -OCH3 is 3. The first-order valence-corrected chi connectivity index (χ1v) is 13.5. The molecule has 1 amide bonds. The maximum Gasteiger partial charge on any atom is 0.229 e. The minimum atomic E-state index is -0.111. The molecule has 1 atom stereocenters. The lowest BCUT2D eigenvalue weighted by molar-refractivity contribution is -0.125. The lowest BCUT2D eigenvalue weighted by Crippen LogP contribution is -2.43. The molecule has 0 bridgehead atoms. The van der Waals surface area contributed by atoms with E-state index in [0.29, 0.717) is 42.0 Å². The third kappa shape index (κ3) is 6.22. The zero-order valence-corrected chi connectivity index (χ0v) is 23.2. The largest absolute Gasteiger partial charge is 0.493 e. The molecule has 40 heavy (non-hydrogen) atoms. The molecule has 0 radical (unpaired) electrons. The summed E-state index contributed by atoms with van der Waals surface area (Å²) >= 11 is 0. The van der Waals surface area contributed by atoms with E-state index in [1.807, 2.05) is 12.1 Å². The summed E-state index contributed by atoms with van der Waals surface area (Å²) in [6, 6.07) is 13.8. The number of piperidine rings is 1. The molecule has 2 aromatic carbocycles. The number of hydrogen-bond acceptors (Lipinski definition) is 9. The van der Waals surface area contributed by atoms with E-state index < -0.39 is 0 Å². The zero-order valence-electron chi connectivity index (χ0n) is 23.2. The van der Waals surface area contributed by atoms with Crippen molar-refractivity contribution in [3.63, 3.8) is 0 Å². The summed E-state index contributed by atoms with van der Waals surface area (Å²) < 4.78 is 16.3. The van der Waals surface area contributed by atoms with Gasteiger partial charge in [0.2, 0.25) is 17.6 Å². The number of ether oxygens (including phenoxy) is 3. The Hall–Kier alpha value is -4.47. The van der Waals surface area contributed by atoms with Crippen LogP contribution in [0, 0.1) is 5.92 Å². The van der Waals surface area contributed by atoms with E-state index in [0.717, 1.165) is 49.4 Å². The van der Waals surface area contributed by atoms with E-state index in [1.54, 1.807) is 39.7 Å². The maximum absolute atomic E-state index is 13.1. The Morgan fingerprint density at radius 3 is 2.60 bits per heavy atom. The summed E-state index contributed by atoms with van der Waals surface area (Å²) in [5.74, 6) is 2.75. The predicted molar refractivity (Wildman–Crippen MR) is 156 cm³/mol. The quantitative estimate of drug-likeness (QED) is 0.382. The zero-order chi connectivity index (χ0) is 27.9. The Morgan fingerprint density at radius 1 is 1.05 bits per heavy atom. The normalized spacial score (nSPS) is 16.5. The molecule has 0 spiro atoms. The lowest BCUT2D eigenvalue weighted by Gasteiger charge is -2.33. The second-order valence-electron chi connectivity index (χ2n) is 9.82. The van der Waals surface area contributed by atoms with E-state index in [9.17, 15) is 4.79 Å². The molecule has 10 heteroatoms. The van der Waals surface area contributed by atoms with E-state index in [2.05, 4.69) is 55.9 Å². The van der Waals surface area contributed by atoms with Gasteiger partial charge in [0.15, 0.2) is 11.5 Å². The van der Waals surface area contributed by atoms with Gasteiger partial charge in [-0.3, -0.25) is 4.79 Å². The van der Waals surface area contributed by atoms with Crippen LogP contribution >= 0.6 is 0 Å². The number of rotatable bonds is 10. The molecule has 10 nitrogen and oxygen atoms in total. The Morgan fingerprint density at radius 2 is 1.88 bits per heavy atom. The van der Waals surface area contributed by atoms with E-state index in [-0.39, 0.29) is 11.8 Å². The molecule has 2 N–H and O–H groups in total. The van der Waals surface area contributed by atoms with Gasteiger partial charge in [0.25, 0.3) is 0 Å². The first-order chi connectivity index (χ1) is 19.6. The van der Waals surface area contributed by atoms with Gasteiger partial charge in [-0.25, -0.2) is 4.98 Å². The molecule has 1 fully saturated rings. The van der Waals surface area contributed by atoms with Gasteiger partial charge in [0.1, 0.15) is 5.82 Å². The average Bonchev–Trinajstić information content (AvgIpc) is 3.55. The topological polar surface area (TPSA) is 101 Å². The monoisotopic (exact) mass is 544 g/mol. The SMILES string of the molecule is COc1cc(Nc2nccc(N3CCC[C@H](C(=O)NCc4cccc(N5C=CCC5)c4)C3)n2)cc(OC)c1OC. The van der Waals surface area contributed by atoms with Crippen LogP contribution in [0.5, 0.6) is 17.2 Å². The molecule has 1 saturated heterocycles. The fourth-order valence-electron chi connectivity index (χ4n) is 5.15. The summed E-state index contributed by atoms with van der Waals surface area (Å²) in [5, 5.41) is 6.38. The smallest absolute Gasteiger partial charge is 0.229 e. The van der Waals surface area contributed by atoms with Gasteiger partial charge in [-0.1, -0.05) is 18.2 Å². The van der Waals surface area contributed by atoms with Crippen LogP contribution in [0.25, 0.3) is 0 Å². The van der Waals surface area contributed by atoms with Crippen LogP contribution in [0.3, 0.4) is 0 Å². The van der Waals surface area contributed by atoms with Crippen LogP contribution in [0.4, 0.5) is 23.1 Å². The van der Waals surface area contributed by atoms with Crippen LogP contribution < -0.4 is 34.6 Å². The number of carbonyl (C=O) groups excluding carboxylic acids is 1. The Labute approximate surface area is 235 Å². The lowest BCUT2D eigenvalue weighted by atomic mass is 9.97. The summed E-state index contributed by atoms with van der Waals surface area (Å²) in [6.45, 7) is 2.94. The number of nitrogens with one attached hydrogen (secondary N) is 2. The highest BCUT2D eigenvalue weighted by Gasteiger charge is 2.27. The number of amides is 1. The Kier molecular flexibility index (Phi) is 8.53. The minimum Gasteiger partial charge on any atom is -0.493 e. The molecule has 0 unspecified atom stereocenters. The molecule has 3 aromatic rings. The van der Waals surface area contributed by atoms with Crippen LogP contribution in [0.15, 0.2) is 60.9 Å². The van der Waals surface area contributed by atoms with Crippen LogP contribution in [-0.2, 0) is 11.3 Å². The Bertz CT molecular complexity index is 1340. The number of anilines is 4. The number of hydrogen-bond donors (Lipinski definition) is 2. The molecule has 0 aliphatic carbocycles. The molecular weight excluding hydrogens is 508 g/mol. The number of benzene rings is 2. The summed E-state index contributed by atoms with van der Waals surface area (Å²) in [4.78, 5) is 26.6. The summed E-state index contributed by atoms with van der Waals surface area (Å²) in [7, 11) is 4.71. The molecule has 2 aliphatic rings. The van der Waals surface area contributed by atoms with Gasteiger partial charge in [0.05, 0.1) is 27.2 Å². The van der Waals surface area contributed by atoms with Crippen molar-refractivity contribution in [1.29, 1.82) is 0 Å². The predicted octanol–water partition coefficient (Wildman–Crippen LogP) is 4.50. The van der Waals surface area contributed by atoms with Crippen molar-refractivity contribution in [3.05, 3.63) is 66.5 Å². The highest BCUT2D eigenvalue weighted by Crippen LogP contribution is 2.40. The Balaban J connectivity index is 1.21. The van der Waals surface area contributed by atoms with Gasteiger partial charge in [-0.15, -0.1) is 0 Å². The van der Waals surface area contributed by atoms with E-state index in [4.69, 9.17) is 19.2 Å². The van der Waals surface area contributed by atoms with Crippen molar-refractivity contribution in [2.45, 2.75) is 25.8 Å². The van der Waals surface area contributed by atoms with E-state index >= 15 is 0 Å². The molecular formula is C30H36N6O4. The molecule has 0 saturated carbocycles. The van der Waals surface area contributed by atoms with Crippen molar-refractivity contribution in [1.82, 2.24) is 15.3 Å². The van der Waals surface area contributed by atoms with Gasteiger partial charge < -0.3 is 34.6 Å². The molecule has 210 valence electrons. The van der Waals surface area contributed by atoms with Gasteiger partial charge in [-0.2, -0.15) is 4.98 Å². The standard InChI is InChI=1S/C30H36N6O4/c1-38-25-17-23(18-26(39-2)28(25)40-3)33-30-31-12-11-27(34-30)36-15-7-9-22(20-36)29(37)32-19-21-8-6-10-24(16-21)35-13-4-5-14-35/h4,6,8,10-13,16-18,22H,5,7,9,14-15,19-20H2,1-3H3,(H,32,37)(H,31,33,34)/t22-/m0/s1. The average molecular weight is 545 g/mol. The summed E-state index contributed by atoms with van der Waals surface area (Å²) in [6.07, 6.45) is 8.83. The van der Waals surface area contributed by atoms with Crippen molar-refractivity contribution in [3.8, 4) is 17.2 Å². The van der Waals surface area contributed by atoms with Crippen molar-refractivity contribution < 1.29 is 19.0 Å². The third-order valence-corrected chi connectivity index (χ3v) is 7.21. The van der Waals surface area contributed by atoms with Crippen molar-refractivity contribution in [2.24, 2.45) is 5.92 Å². The first kappa shape index (κ1) is 27.1. The van der Waals surface area contributed by atoms with Crippen LogP contribution in [0.2, 0.25) is 0 Å². The molecule has 5 rings (SSSR count). The third-order valence-electron chi connectivity index (χ3n) is 7.21. The molecule has 1 aromatic heterocycles. The van der Waals surface area contributed by atoms with Crippen molar-refractivity contribution in [2.75, 3.05) is 56.1 Å². The van der Waals surface area contributed by atoms with Crippen molar-refractivity contribution >= 4 is 29.0 Å². The first-order valence-electron chi connectivity index (χ1n) is 13.5. The number of nitrogens with zero attached hydrogens (tertiary/aromatic N) is 4.